The molecule has 0 unspecified atom stereocenters. The molecule has 0 aromatic carbocycles. The van der Waals surface area contributed by atoms with Gasteiger partial charge in [0.2, 0.25) is 0 Å². The van der Waals surface area contributed by atoms with Crippen LogP contribution in [-0.2, 0) is 13.0 Å². The summed E-state index contributed by atoms with van der Waals surface area (Å²) in [6, 6.07) is 1.91. The average Bonchev–Trinajstić information content (AvgIpc) is 3.27. The van der Waals surface area contributed by atoms with Crippen LogP contribution in [0.5, 0.6) is 0 Å². The van der Waals surface area contributed by atoms with Gasteiger partial charge in [-0.25, -0.2) is 15.0 Å². The number of anilines is 1. The third-order valence-electron chi connectivity index (χ3n) is 3.83. The summed E-state index contributed by atoms with van der Waals surface area (Å²) in [5, 5.41) is 6.28. The number of rotatable bonds is 5. The third kappa shape index (κ3) is 3.50. The molecule has 0 spiro atoms. The molecule has 0 radical (unpaired) electrons. The van der Waals surface area contributed by atoms with Crippen LogP contribution in [0.15, 0.2) is 24.0 Å². The maximum atomic E-state index is 6.33. The molecule has 2 N–H and O–H groups in total. The van der Waals surface area contributed by atoms with E-state index in [1.807, 2.05) is 24.7 Å². The van der Waals surface area contributed by atoms with Gasteiger partial charge in [0, 0.05) is 29.1 Å². The van der Waals surface area contributed by atoms with Crippen LogP contribution in [0.4, 0.5) is 5.13 Å². The van der Waals surface area contributed by atoms with Crippen LogP contribution in [-0.4, -0.2) is 19.9 Å². The second-order valence-corrected chi connectivity index (χ2v) is 8.31. The summed E-state index contributed by atoms with van der Waals surface area (Å²) < 4.78 is 0. The molecule has 25 heavy (non-hydrogen) atoms. The molecule has 0 atom stereocenters. The highest BCUT2D eigenvalue weighted by molar-refractivity contribution is 7.16. The van der Waals surface area contributed by atoms with E-state index >= 15 is 0 Å². The Morgan fingerprint density at radius 3 is 2.92 bits per heavy atom. The zero-order valence-electron chi connectivity index (χ0n) is 13.1. The van der Waals surface area contributed by atoms with Gasteiger partial charge in [-0.05, 0) is 18.6 Å². The van der Waals surface area contributed by atoms with Gasteiger partial charge in [-0.2, -0.15) is 0 Å². The molecule has 128 valence electrons. The smallest absolute Gasteiger partial charge is 0.184 e. The lowest BCUT2D eigenvalue weighted by Crippen LogP contribution is -1.98. The zero-order valence-corrected chi connectivity index (χ0v) is 16.3. The average molecular weight is 410 g/mol. The summed E-state index contributed by atoms with van der Waals surface area (Å²) in [7, 11) is 0. The Labute approximate surface area is 162 Å². The fourth-order valence-corrected chi connectivity index (χ4v) is 4.59. The SMILES string of the molecule is Cc1ncsc1CNc1nc(Cl)c(Cc2c[nH]c3ncc(Cl)cc23)s1. The minimum Gasteiger partial charge on any atom is -0.357 e. The molecule has 0 saturated carbocycles. The van der Waals surface area contributed by atoms with Crippen molar-refractivity contribution in [2.75, 3.05) is 5.32 Å². The van der Waals surface area contributed by atoms with Crippen LogP contribution < -0.4 is 5.32 Å². The van der Waals surface area contributed by atoms with E-state index < -0.39 is 0 Å². The molecular formula is C16H13Cl2N5S2. The van der Waals surface area contributed by atoms with E-state index in [1.54, 1.807) is 28.9 Å². The Morgan fingerprint density at radius 2 is 2.12 bits per heavy atom. The molecule has 0 aliphatic heterocycles. The maximum Gasteiger partial charge on any atom is 0.184 e. The molecule has 4 heterocycles. The van der Waals surface area contributed by atoms with Crippen molar-refractivity contribution in [1.29, 1.82) is 0 Å². The molecule has 0 amide bonds. The number of hydrogen-bond donors (Lipinski definition) is 2. The molecule has 0 aliphatic rings. The second kappa shape index (κ2) is 6.92. The number of nitrogens with one attached hydrogen (secondary N) is 2. The summed E-state index contributed by atoms with van der Waals surface area (Å²) in [6.45, 7) is 2.70. The van der Waals surface area contributed by atoms with Gasteiger partial charge >= 0.3 is 0 Å². The van der Waals surface area contributed by atoms with Crippen molar-refractivity contribution in [3.05, 3.63) is 55.2 Å². The summed E-state index contributed by atoms with van der Waals surface area (Å²) in [6.07, 6.45) is 4.25. The van der Waals surface area contributed by atoms with E-state index in [1.165, 1.54) is 4.88 Å². The summed E-state index contributed by atoms with van der Waals surface area (Å²) in [5.41, 5.74) is 4.81. The number of aromatic amines is 1. The number of pyridine rings is 1. The Balaban J connectivity index is 1.53. The molecule has 9 heteroatoms. The Hall–Kier alpha value is -1.67. The van der Waals surface area contributed by atoms with E-state index in [0.29, 0.717) is 23.1 Å². The van der Waals surface area contributed by atoms with Crippen molar-refractivity contribution in [1.82, 2.24) is 19.9 Å². The lowest BCUT2D eigenvalue weighted by molar-refractivity contribution is 1.11. The first-order chi connectivity index (χ1) is 12.1. The normalized spacial score (nSPS) is 11.3. The van der Waals surface area contributed by atoms with E-state index in [4.69, 9.17) is 23.2 Å². The van der Waals surface area contributed by atoms with Crippen LogP contribution in [0.25, 0.3) is 11.0 Å². The van der Waals surface area contributed by atoms with Gasteiger partial charge in [-0.15, -0.1) is 22.7 Å². The van der Waals surface area contributed by atoms with E-state index in [0.717, 1.165) is 32.3 Å². The van der Waals surface area contributed by atoms with Crippen LogP contribution in [0.2, 0.25) is 10.2 Å². The predicted octanol–water partition coefficient (Wildman–Crippen LogP) is 5.29. The van der Waals surface area contributed by atoms with Gasteiger partial charge < -0.3 is 10.3 Å². The fourth-order valence-electron chi connectivity index (χ4n) is 2.52. The molecule has 0 aliphatic carbocycles. The first-order valence-corrected chi connectivity index (χ1v) is 9.95. The van der Waals surface area contributed by atoms with E-state index in [2.05, 4.69) is 25.3 Å². The highest BCUT2D eigenvalue weighted by Crippen LogP contribution is 2.32. The number of thiazole rings is 2. The number of aromatic nitrogens is 4. The van der Waals surface area contributed by atoms with Crippen LogP contribution >= 0.6 is 45.9 Å². The number of H-pyrrole nitrogens is 1. The molecule has 4 aromatic rings. The van der Waals surface area contributed by atoms with Crippen LogP contribution in [0.3, 0.4) is 0 Å². The highest BCUT2D eigenvalue weighted by atomic mass is 35.5. The number of nitrogens with zero attached hydrogens (tertiary/aromatic N) is 3. The maximum absolute atomic E-state index is 6.33. The highest BCUT2D eigenvalue weighted by Gasteiger charge is 2.14. The van der Waals surface area contributed by atoms with Gasteiger partial charge in [-0.1, -0.05) is 23.2 Å². The van der Waals surface area contributed by atoms with Crippen molar-refractivity contribution in [3.63, 3.8) is 0 Å². The quantitative estimate of drug-likeness (QED) is 0.469. The molecule has 0 bridgehead atoms. The summed E-state index contributed by atoms with van der Waals surface area (Å²) in [4.78, 5) is 18.3. The monoisotopic (exact) mass is 409 g/mol. The molecule has 4 aromatic heterocycles. The lowest BCUT2D eigenvalue weighted by Gasteiger charge is -2.00. The van der Waals surface area contributed by atoms with Crippen molar-refractivity contribution in [3.8, 4) is 0 Å². The van der Waals surface area contributed by atoms with Crippen molar-refractivity contribution in [2.45, 2.75) is 19.9 Å². The van der Waals surface area contributed by atoms with Crippen LogP contribution in [0.1, 0.15) is 21.0 Å². The minimum atomic E-state index is 0.526. The van der Waals surface area contributed by atoms with Gasteiger partial charge in [0.05, 0.1) is 27.6 Å². The number of fused-ring (bicyclic) bond motifs is 1. The Bertz CT molecular complexity index is 1040. The van der Waals surface area contributed by atoms with Gasteiger partial charge in [0.25, 0.3) is 0 Å². The summed E-state index contributed by atoms with van der Waals surface area (Å²) >= 11 is 15.6. The third-order valence-corrected chi connectivity index (χ3v) is 6.41. The zero-order chi connectivity index (χ0) is 17.4. The largest absolute Gasteiger partial charge is 0.357 e. The predicted molar refractivity (Wildman–Crippen MR) is 105 cm³/mol. The fraction of sp³-hybridized carbons (Fsp3) is 0.188. The first-order valence-electron chi connectivity index (χ1n) is 7.49. The Kier molecular flexibility index (Phi) is 4.64. The van der Waals surface area contributed by atoms with Crippen molar-refractivity contribution >= 4 is 62.0 Å². The molecular weight excluding hydrogens is 397 g/mol. The second-order valence-electron chi connectivity index (χ2n) is 5.49. The van der Waals surface area contributed by atoms with E-state index in [-0.39, 0.29) is 0 Å². The minimum absolute atomic E-state index is 0.526. The topological polar surface area (TPSA) is 66.5 Å². The van der Waals surface area contributed by atoms with E-state index in [9.17, 15) is 0 Å². The molecule has 0 fully saturated rings. The number of hydrogen-bond acceptors (Lipinski definition) is 6. The standard InChI is InChI=1S/C16H13Cl2N5S2/c1-8-13(24-7-22-8)6-21-16-23-14(18)12(25-16)2-9-4-19-15-11(9)3-10(17)5-20-15/h3-5,7H,2,6H2,1H3,(H,19,20)(H,21,23). The van der Waals surface area contributed by atoms with Crippen molar-refractivity contribution in [2.24, 2.45) is 0 Å². The lowest BCUT2D eigenvalue weighted by atomic mass is 10.1. The van der Waals surface area contributed by atoms with Gasteiger partial charge in [-0.3, -0.25) is 0 Å². The summed E-state index contributed by atoms with van der Waals surface area (Å²) in [5.74, 6) is 0. The number of aryl methyl sites for hydroxylation is 1. The van der Waals surface area contributed by atoms with Gasteiger partial charge in [0.15, 0.2) is 5.13 Å². The molecule has 4 rings (SSSR count). The molecule has 5 nitrogen and oxygen atoms in total. The number of halogens is 2. The van der Waals surface area contributed by atoms with Crippen molar-refractivity contribution < 1.29 is 0 Å². The molecule has 0 saturated heterocycles. The first kappa shape index (κ1) is 16.8. The van der Waals surface area contributed by atoms with Crippen LogP contribution in [0, 0.1) is 6.92 Å². The Morgan fingerprint density at radius 1 is 1.24 bits per heavy atom. The van der Waals surface area contributed by atoms with Gasteiger partial charge in [0.1, 0.15) is 10.8 Å².